The Morgan fingerprint density at radius 1 is 1.16 bits per heavy atom. The minimum absolute atomic E-state index is 0.402. The molecule has 1 aliphatic heterocycles. The SMILES string of the molecule is CCCCCCN1CCC(c2cccc(O)c2)CC1. The molecule has 0 amide bonds. The summed E-state index contributed by atoms with van der Waals surface area (Å²) in [6.07, 6.45) is 7.89. The van der Waals surface area contributed by atoms with Crippen molar-refractivity contribution in [3.05, 3.63) is 29.8 Å². The molecule has 0 aromatic heterocycles. The smallest absolute Gasteiger partial charge is 0.115 e. The zero-order chi connectivity index (χ0) is 13.5. The maximum atomic E-state index is 9.55. The number of nitrogens with zero attached hydrogens (tertiary/aromatic N) is 1. The third-order valence-electron chi connectivity index (χ3n) is 4.26. The van der Waals surface area contributed by atoms with Gasteiger partial charge in [-0.1, -0.05) is 38.3 Å². The Hall–Kier alpha value is -1.02. The zero-order valence-corrected chi connectivity index (χ0v) is 12.1. The Labute approximate surface area is 117 Å². The quantitative estimate of drug-likeness (QED) is 0.778. The number of benzene rings is 1. The Balaban J connectivity index is 1.73. The van der Waals surface area contributed by atoms with Crippen molar-refractivity contribution < 1.29 is 5.11 Å². The molecule has 1 heterocycles. The molecule has 1 aliphatic rings. The van der Waals surface area contributed by atoms with E-state index in [0.717, 1.165) is 0 Å². The molecular weight excluding hydrogens is 234 g/mol. The van der Waals surface area contributed by atoms with E-state index in [-0.39, 0.29) is 0 Å². The van der Waals surface area contributed by atoms with Crippen LogP contribution in [0.15, 0.2) is 24.3 Å². The van der Waals surface area contributed by atoms with Gasteiger partial charge >= 0.3 is 0 Å². The van der Waals surface area contributed by atoms with Crippen molar-refractivity contribution in [1.82, 2.24) is 4.90 Å². The first kappa shape index (κ1) is 14.4. The molecule has 106 valence electrons. The van der Waals surface area contributed by atoms with E-state index in [0.29, 0.717) is 11.7 Å². The molecule has 0 saturated carbocycles. The van der Waals surface area contributed by atoms with Crippen LogP contribution in [-0.4, -0.2) is 29.6 Å². The highest BCUT2D eigenvalue weighted by molar-refractivity contribution is 5.29. The average Bonchev–Trinajstić information content (AvgIpc) is 2.44. The first-order chi connectivity index (χ1) is 9.29. The van der Waals surface area contributed by atoms with E-state index in [1.807, 2.05) is 12.1 Å². The number of hydrogen-bond acceptors (Lipinski definition) is 2. The normalized spacial score (nSPS) is 17.7. The van der Waals surface area contributed by atoms with E-state index in [1.54, 1.807) is 6.07 Å². The van der Waals surface area contributed by atoms with Gasteiger partial charge in [0.2, 0.25) is 0 Å². The maximum absolute atomic E-state index is 9.55. The standard InChI is InChI=1S/C17H27NO/c1-2-3-4-5-11-18-12-9-15(10-13-18)16-7-6-8-17(19)14-16/h6-8,14-15,19H,2-5,9-13H2,1H3. The predicted octanol–water partition coefficient (Wildman–Crippen LogP) is 4.15. The van der Waals surface area contributed by atoms with E-state index >= 15 is 0 Å². The van der Waals surface area contributed by atoms with Crippen LogP contribution in [0.5, 0.6) is 5.75 Å². The van der Waals surface area contributed by atoms with Crippen LogP contribution in [0.3, 0.4) is 0 Å². The van der Waals surface area contributed by atoms with Crippen molar-refractivity contribution in [3.63, 3.8) is 0 Å². The summed E-state index contributed by atoms with van der Waals surface area (Å²) < 4.78 is 0. The van der Waals surface area contributed by atoms with Gasteiger partial charge in [-0.05, 0) is 62.5 Å². The number of likely N-dealkylation sites (tertiary alicyclic amines) is 1. The summed E-state index contributed by atoms with van der Waals surface area (Å²) in [5.41, 5.74) is 1.31. The van der Waals surface area contributed by atoms with Gasteiger partial charge < -0.3 is 10.0 Å². The third-order valence-corrected chi connectivity index (χ3v) is 4.26. The van der Waals surface area contributed by atoms with E-state index in [4.69, 9.17) is 0 Å². The summed E-state index contributed by atoms with van der Waals surface area (Å²) in [5, 5.41) is 9.55. The van der Waals surface area contributed by atoms with Gasteiger partial charge in [0.25, 0.3) is 0 Å². The molecule has 1 aromatic rings. The summed E-state index contributed by atoms with van der Waals surface area (Å²) in [7, 11) is 0. The molecule has 1 aromatic carbocycles. The lowest BCUT2D eigenvalue weighted by Crippen LogP contribution is -2.33. The molecule has 19 heavy (non-hydrogen) atoms. The minimum Gasteiger partial charge on any atom is -0.508 e. The summed E-state index contributed by atoms with van der Waals surface area (Å²) in [4.78, 5) is 2.61. The number of phenolic OH excluding ortho intramolecular Hbond substituents is 1. The Bertz CT molecular complexity index is 369. The highest BCUT2D eigenvalue weighted by atomic mass is 16.3. The lowest BCUT2D eigenvalue weighted by molar-refractivity contribution is 0.208. The lowest BCUT2D eigenvalue weighted by atomic mass is 9.89. The van der Waals surface area contributed by atoms with Crippen molar-refractivity contribution in [3.8, 4) is 5.75 Å². The van der Waals surface area contributed by atoms with Crippen LogP contribution in [0.4, 0.5) is 0 Å². The molecule has 1 saturated heterocycles. The van der Waals surface area contributed by atoms with Gasteiger partial charge in [-0.25, -0.2) is 0 Å². The molecule has 1 N–H and O–H groups in total. The van der Waals surface area contributed by atoms with Crippen LogP contribution in [0.1, 0.15) is 56.9 Å². The summed E-state index contributed by atoms with van der Waals surface area (Å²) in [6.45, 7) is 5.96. The molecule has 0 spiro atoms. The van der Waals surface area contributed by atoms with Crippen LogP contribution in [-0.2, 0) is 0 Å². The summed E-state index contributed by atoms with van der Waals surface area (Å²) >= 11 is 0. The van der Waals surface area contributed by atoms with Gasteiger partial charge in [0.1, 0.15) is 5.75 Å². The average molecular weight is 261 g/mol. The molecule has 0 bridgehead atoms. The minimum atomic E-state index is 0.402. The molecule has 0 radical (unpaired) electrons. The van der Waals surface area contributed by atoms with Crippen LogP contribution in [0.2, 0.25) is 0 Å². The number of unbranched alkanes of at least 4 members (excludes halogenated alkanes) is 3. The van der Waals surface area contributed by atoms with E-state index < -0.39 is 0 Å². The molecular formula is C17H27NO. The predicted molar refractivity (Wildman–Crippen MR) is 80.7 cm³/mol. The van der Waals surface area contributed by atoms with Gasteiger partial charge in [0.05, 0.1) is 0 Å². The fourth-order valence-corrected chi connectivity index (χ4v) is 3.03. The van der Waals surface area contributed by atoms with E-state index in [2.05, 4.69) is 17.9 Å². The number of rotatable bonds is 6. The number of phenols is 1. The monoisotopic (exact) mass is 261 g/mol. The summed E-state index contributed by atoms with van der Waals surface area (Å²) in [5.74, 6) is 1.04. The second kappa shape index (κ2) is 7.54. The van der Waals surface area contributed by atoms with E-state index in [1.165, 1.54) is 63.7 Å². The molecule has 2 heteroatoms. The van der Waals surface area contributed by atoms with Crippen molar-refractivity contribution in [2.75, 3.05) is 19.6 Å². The zero-order valence-electron chi connectivity index (χ0n) is 12.1. The molecule has 1 fully saturated rings. The molecule has 0 atom stereocenters. The number of aromatic hydroxyl groups is 1. The summed E-state index contributed by atoms with van der Waals surface area (Å²) in [6, 6.07) is 7.80. The lowest BCUT2D eigenvalue weighted by Gasteiger charge is -2.32. The van der Waals surface area contributed by atoms with Crippen LogP contribution < -0.4 is 0 Å². The van der Waals surface area contributed by atoms with Gasteiger partial charge in [-0.15, -0.1) is 0 Å². The number of hydrogen-bond donors (Lipinski definition) is 1. The molecule has 0 aliphatic carbocycles. The first-order valence-corrected chi connectivity index (χ1v) is 7.81. The topological polar surface area (TPSA) is 23.5 Å². The van der Waals surface area contributed by atoms with Crippen molar-refractivity contribution in [2.45, 2.75) is 51.4 Å². The van der Waals surface area contributed by atoms with Gasteiger partial charge in [-0.2, -0.15) is 0 Å². The Morgan fingerprint density at radius 2 is 1.95 bits per heavy atom. The highest BCUT2D eigenvalue weighted by Gasteiger charge is 2.20. The maximum Gasteiger partial charge on any atom is 0.115 e. The van der Waals surface area contributed by atoms with Crippen molar-refractivity contribution >= 4 is 0 Å². The largest absolute Gasteiger partial charge is 0.508 e. The van der Waals surface area contributed by atoms with Gasteiger partial charge in [0.15, 0.2) is 0 Å². The second-order valence-corrected chi connectivity index (χ2v) is 5.77. The van der Waals surface area contributed by atoms with Crippen molar-refractivity contribution in [2.24, 2.45) is 0 Å². The number of piperidine rings is 1. The molecule has 2 rings (SSSR count). The molecule has 0 unspecified atom stereocenters. The fourth-order valence-electron chi connectivity index (χ4n) is 3.03. The molecule has 2 nitrogen and oxygen atoms in total. The first-order valence-electron chi connectivity index (χ1n) is 7.81. The van der Waals surface area contributed by atoms with Crippen molar-refractivity contribution in [1.29, 1.82) is 0 Å². The van der Waals surface area contributed by atoms with Crippen LogP contribution in [0, 0.1) is 0 Å². The van der Waals surface area contributed by atoms with Crippen LogP contribution >= 0.6 is 0 Å². The third kappa shape index (κ3) is 4.54. The second-order valence-electron chi connectivity index (χ2n) is 5.77. The van der Waals surface area contributed by atoms with E-state index in [9.17, 15) is 5.11 Å². The van der Waals surface area contributed by atoms with Crippen LogP contribution in [0.25, 0.3) is 0 Å². The fraction of sp³-hybridized carbons (Fsp3) is 0.647. The van der Waals surface area contributed by atoms with Gasteiger partial charge in [-0.3, -0.25) is 0 Å². The van der Waals surface area contributed by atoms with Gasteiger partial charge in [0, 0.05) is 0 Å². The Kier molecular flexibility index (Phi) is 5.71. The highest BCUT2D eigenvalue weighted by Crippen LogP contribution is 2.29. The Morgan fingerprint density at radius 3 is 2.63 bits per heavy atom.